The lowest BCUT2D eigenvalue weighted by molar-refractivity contribution is -0.148. The molecule has 7 nitrogen and oxygen atoms in total. The van der Waals surface area contributed by atoms with Crippen LogP contribution in [0.25, 0.3) is 0 Å². The Morgan fingerprint density at radius 3 is 2.58 bits per heavy atom. The third kappa shape index (κ3) is 3.08. The molecule has 8 heteroatoms. The van der Waals surface area contributed by atoms with Crippen LogP contribution in [-0.2, 0) is 19.6 Å². The second-order valence-corrected chi connectivity index (χ2v) is 7.63. The molecule has 0 spiro atoms. The van der Waals surface area contributed by atoms with Crippen LogP contribution in [0.1, 0.15) is 5.56 Å². The molecular weight excluding hydrogens is 358 g/mol. The highest BCUT2D eigenvalue weighted by Gasteiger charge is 2.38. The molecule has 138 valence electrons. The van der Waals surface area contributed by atoms with Gasteiger partial charge < -0.3 is 14.2 Å². The SMILES string of the molecule is COC(=O)[C@H]1CN(S(=O)(=O)c2ccc(OC)c(C)c2)c2ccccc2O1. The van der Waals surface area contributed by atoms with Gasteiger partial charge in [-0.1, -0.05) is 12.1 Å². The molecule has 0 bridgehead atoms. The Morgan fingerprint density at radius 1 is 1.19 bits per heavy atom. The van der Waals surface area contributed by atoms with Crippen molar-refractivity contribution >= 4 is 21.7 Å². The summed E-state index contributed by atoms with van der Waals surface area (Å²) in [6, 6.07) is 11.3. The van der Waals surface area contributed by atoms with Crippen molar-refractivity contribution in [2.45, 2.75) is 17.9 Å². The number of rotatable bonds is 4. The molecular formula is C18H19NO6S. The number of fused-ring (bicyclic) bond motifs is 1. The van der Waals surface area contributed by atoms with E-state index in [2.05, 4.69) is 0 Å². The van der Waals surface area contributed by atoms with Crippen LogP contribution in [0.3, 0.4) is 0 Å². The van der Waals surface area contributed by atoms with E-state index in [1.807, 2.05) is 0 Å². The van der Waals surface area contributed by atoms with Gasteiger partial charge in [-0.3, -0.25) is 4.31 Å². The summed E-state index contributed by atoms with van der Waals surface area (Å²) in [7, 11) is -1.15. The van der Waals surface area contributed by atoms with Crippen molar-refractivity contribution in [2.75, 3.05) is 25.1 Å². The standard InChI is InChI=1S/C18H19NO6S/c1-12-10-13(8-9-15(12)23-2)26(21,22)19-11-17(18(20)24-3)25-16-7-5-4-6-14(16)19/h4-10,17H,11H2,1-3H3/t17-/m1/s1. The summed E-state index contributed by atoms with van der Waals surface area (Å²) >= 11 is 0. The van der Waals surface area contributed by atoms with Gasteiger partial charge in [0.2, 0.25) is 6.10 Å². The Hall–Kier alpha value is -2.74. The molecule has 1 atom stereocenters. The van der Waals surface area contributed by atoms with E-state index in [0.29, 0.717) is 22.7 Å². The Labute approximate surface area is 152 Å². The number of nitrogens with zero attached hydrogens (tertiary/aromatic N) is 1. The number of esters is 1. The maximum absolute atomic E-state index is 13.2. The molecule has 26 heavy (non-hydrogen) atoms. The molecule has 0 saturated heterocycles. The van der Waals surface area contributed by atoms with Crippen LogP contribution in [0.2, 0.25) is 0 Å². The predicted molar refractivity (Wildman–Crippen MR) is 95.1 cm³/mol. The lowest BCUT2D eigenvalue weighted by atomic mass is 10.2. The molecule has 3 rings (SSSR count). The summed E-state index contributed by atoms with van der Waals surface area (Å²) in [4.78, 5) is 12.0. The zero-order valence-corrected chi connectivity index (χ0v) is 15.4. The Morgan fingerprint density at radius 2 is 1.92 bits per heavy atom. The van der Waals surface area contributed by atoms with Gasteiger partial charge in [0.25, 0.3) is 10.0 Å². The van der Waals surface area contributed by atoms with Gasteiger partial charge in [-0.05, 0) is 42.8 Å². The van der Waals surface area contributed by atoms with Crippen molar-refractivity contribution in [3.05, 3.63) is 48.0 Å². The van der Waals surface area contributed by atoms with Gasteiger partial charge in [0, 0.05) is 0 Å². The fraction of sp³-hybridized carbons (Fsp3) is 0.278. The molecule has 2 aromatic carbocycles. The number of sulfonamides is 1. The van der Waals surface area contributed by atoms with Crippen LogP contribution in [0.4, 0.5) is 5.69 Å². The smallest absolute Gasteiger partial charge is 0.348 e. The monoisotopic (exact) mass is 377 g/mol. The number of aryl methyl sites for hydroxylation is 1. The molecule has 0 unspecified atom stereocenters. The highest BCUT2D eigenvalue weighted by molar-refractivity contribution is 7.92. The van der Waals surface area contributed by atoms with Gasteiger partial charge in [-0.2, -0.15) is 0 Å². The number of benzene rings is 2. The van der Waals surface area contributed by atoms with Gasteiger partial charge >= 0.3 is 5.97 Å². The van der Waals surface area contributed by atoms with Crippen LogP contribution >= 0.6 is 0 Å². The number of hydrogen-bond donors (Lipinski definition) is 0. The van der Waals surface area contributed by atoms with E-state index in [9.17, 15) is 13.2 Å². The summed E-state index contributed by atoms with van der Waals surface area (Å²) in [5.41, 5.74) is 1.07. The van der Waals surface area contributed by atoms with Crippen molar-refractivity contribution < 1.29 is 27.4 Å². The van der Waals surface area contributed by atoms with Crippen molar-refractivity contribution in [3.8, 4) is 11.5 Å². The Kier molecular flexibility index (Phi) is 4.78. The topological polar surface area (TPSA) is 82.1 Å². The van der Waals surface area contributed by atoms with Crippen LogP contribution < -0.4 is 13.8 Å². The van der Waals surface area contributed by atoms with E-state index >= 15 is 0 Å². The number of para-hydroxylation sites is 2. The van der Waals surface area contributed by atoms with Crippen LogP contribution in [0.15, 0.2) is 47.4 Å². The summed E-state index contributed by atoms with van der Waals surface area (Å²) in [5.74, 6) is 0.271. The molecule has 0 amide bonds. The first kappa shape index (κ1) is 18.1. The minimum Gasteiger partial charge on any atom is -0.496 e. The molecule has 0 saturated carbocycles. The van der Waals surface area contributed by atoms with Gasteiger partial charge in [0.1, 0.15) is 11.5 Å². The molecule has 0 N–H and O–H groups in total. The highest BCUT2D eigenvalue weighted by Crippen LogP contribution is 2.37. The van der Waals surface area contributed by atoms with Crippen LogP contribution in [0.5, 0.6) is 11.5 Å². The fourth-order valence-corrected chi connectivity index (χ4v) is 4.38. The van der Waals surface area contributed by atoms with E-state index in [1.165, 1.54) is 24.6 Å². The maximum atomic E-state index is 13.2. The lowest BCUT2D eigenvalue weighted by Gasteiger charge is -2.34. The van der Waals surface area contributed by atoms with E-state index in [1.54, 1.807) is 43.3 Å². The molecule has 0 aliphatic carbocycles. The zero-order valence-electron chi connectivity index (χ0n) is 14.6. The van der Waals surface area contributed by atoms with Crippen molar-refractivity contribution in [1.29, 1.82) is 0 Å². The second kappa shape index (κ2) is 6.87. The first-order chi connectivity index (χ1) is 12.4. The number of anilines is 1. The van der Waals surface area contributed by atoms with Crippen LogP contribution in [0, 0.1) is 6.92 Å². The molecule has 1 aliphatic rings. The second-order valence-electron chi connectivity index (χ2n) is 5.76. The predicted octanol–water partition coefficient (Wildman–Crippen LogP) is 2.13. The molecule has 2 aromatic rings. The average molecular weight is 377 g/mol. The van der Waals surface area contributed by atoms with Gasteiger partial charge in [-0.15, -0.1) is 0 Å². The molecule has 1 heterocycles. The lowest BCUT2D eigenvalue weighted by Crippen LogP contribution is -2.47. The minimum atomic E-state index is -3.91. The normalized spacial score (nSPS) is 16.4. The summed E-state index contributed by atoms with van der Waals surface area (Å²) in [5, 5.41) is 0. The van der Waals surface area contributed by atoms with Crippen LogP contribution in [-0.4, -0.2) is 41.3 Å². The van der Waals surface area contributed by atoms with E-state index in [4.69, 9.17) is 14.2 Å². The van der Waals surface area contributed by atoms with Gasteiger partial charge in [0.15, 0.2) is 0 Å². The molecule has 0 aromatic heterocycles. The number of carbonyl (C=O) groups is 1. The van der Waals surface area contributed by atoms with Gasteiger partial charge in [0.05, 0.1) is 31.3 Å². The maximum Gasteiger partial charge on any atom is 0.348 e. The van der Waals surface area contributed by atoms with E-state index < -0.39 is 22.1 Å². The number of hydrogen-bond acceptors (Lipinski definition) is 6. The average Bonchev–Trinajstić information content (AvgIpc) is 2.66. The third-order valence-corrected chi connectivity index (χ3v) is 5.93. The van der Waals surface area contributed by atoms with Gasteiger partial charge in [-0.25, -0.2) is 13.2 Å². The first-order valence-corrected chi connectivity index (χ1v) is 9.33. The summed E-state index contributed by atoms with van der Waals surface area (Å²) in [6.45, 7) is 1.60. The van der Waals surface area contributed by atoms with E-state index in [0.717, 1.165) is 0 Å². The third-order valence-electron chi connectivity index (χ3n) is 4.15. The number of methoxy groups -OCH3 is 2. The number of ether oxygens (including phenoxy) is 3. The number of carbonyl (C=O) groups excluding carboxylic acids is 1. The van der Waals surface area contributed by atoms with Crippen molar-refractivity contribution in [3.63, 3.8) is 0 Å². The van der Waals surface area contributed by atoms with E-state index in [-0.39, 0.29) is 11.4 Å². The largest absolute Gasteiger partial charge is 0.496 e. The highest BCUT2D eigenvalue weighted by atomic mass is 32.2. The van der Waals surface area contributed by atoms with Crippen molar-refractivity contribution in [2.24, 2.45) is 0 Å². The quantitative estimate of drug-likeness (QED) is 0.759. The molecule has 0 fully saturated rings. The Balaban J connectivity index is 2.08. The first-order valence-electron chi connectivity index (χ1n) is 7.89. The summed E-state index contributed by atoms with van der Waals surface area (Å²) in [6.07, 6.45) is -1.04. The molecule has 1 aliphatic heterocycles. The Bertz CT molecular complexity index is 940. The minimum absolute atomic E-state index is 0.108. The summed E-state index contributed by atoms with van der Waals surface area (Å²) < 4.78 is 43.2. The van der Waals surface area contributed by atoms with Crippen molar-refractivity contribution in [1.82, 2.24) is 0 Å². The zero-order chi connectivity index (χ0) is 18.9. The fourth-order valence-electron chi connectivity index (χ4n) is 2.82. The molecule has 0 radical (unpaired) electrons.